The van der Waals surface area contributed by atoms with E-state index in [9.17, 15) is 0 Å². The highest BCUT2D eigenvalue weighted by atomic mass is 15.1. The summed E-state index contributed by atoms with van der Waals surface area (Å²) in [7, 11) is 0. The minimum atomic E-state index is 0.238. The van der Waals surface area contributed by atoms with E-state index >= 15 is 0 Å². The first-order valence-electron chi connectivity index (χ1n) is 21.3. The van der Waals surface area contributed by atoms with Crippen molar-refractivity contribution in [3.05, 3.63) is 0 Å². The molecule has 45 heavy (non-hydrogen) atoms. The van der Waals surface area contributed by atoms with Crippen LogP contribution in [0.5, 0.6) is 0 Å². The second-order valence-electron chi connectivity index (χ2n) is 15.2. The van der Waals surface area contributed by atoms with Crippen molar-refractivity contribution in [1.82, 2.24) is 10.2 Å². The molecule has 0 amide bonds. The minimum Gasteiger partial charge on any atom is -0.327 e. The van der Waals surface area contributed by atoms with Crippen molar-refractivity contribution < 1.29 is 0 Å². The van der Waals surface area contributed by atoms with E-state index in [2.05, 4.69) is 37.9 Å². The van der Waals surface area contributed by atoms with Crippen LogP contribution in [0, 0.1) is 0 Å². The van der Waals surface area contributed by atoms with Crippen LogP contribution in [0.2, 0.25) is 0 Å². The van der Waals surface area contributed by atoms with Gasteiger partial charge in [-0.1, -0.05) is 206 Å². The molecular weight excluding hydrogens is 546 g/mol. The first kappa shape index (κ1) is 44.9. The van der Waals surface area contributed by atoms with Crippen LogP contribution in [0.1, 0.15) is 233 Å². The van der Waals surface area contributed by atoms with Gasteiger partial charge in [0.05, 0.1) is 0 Å². The number of rotatable bonds is 39. The molecule has 0 saturated carbocycles. The summed E-state index contributed by atoms with van der Waals surface area (Å²) in [5.74, 6) is 0. The van der Waals surface area contributed by atoms with Crippen molar-refractivity contribution >= 4 is 0 Å². The maximum Gasteiger partial charge on any atom is 0.0167 e. The van der Waals surface area contributed by atoms with Gasteiger partial charge in [-0.2, -0.15) is 0 Å². The Bertz CT molecular complexity index is 486. The Balaban J connectivity index is 3.79. The molecule has 0 aromatic rings. The van der Waals surface area contributed by atoms with E-state index in [1.54, 1.807) is 0 Å². The van der Waals surface area contributed by atoms with Gasteiger partial charge in [0.25, 0.3) is 0 Å². The normalized spacial score (nSPS) is 13.2. The molecule has 3 heteroatoms. The van der Waals surface area contributed by atoms with E-state index in [4.69, 9.17) is 5.73 Å². The summed E-state index contributed by atoms with van der Waals surface area (Å²) in [5.41, 5.74) is 6.00. The first-order valence-corrected chi connectivity index (χ1v) is 21.3. The molecule has 0 fully saturated rings. The van der Waals surface area contributed by atoms with Crippen molar-refractivity contribution in [3.8, 4) is 0 Å². The average molecular weight is 636 g/mol. The number of unbranched alkanes of at least 4 members (excludes halogenated alkanes) is 30. The van der Waals surface area contributed by atoms with Crippen LogP contribution >= 0.6 is 0 Å². The molecule has 0 radical (unpaired) electrons. The summed E-state index contributed by atoms with van der Waals surface area (Å²) in [6, 6.07) is 0.764. The van der Waals surface area contributed by atoms with Gasteiger partial charge in [-0.15, -0.1) is 0 Å². The summed E-state index contributed by atoms with van der Waals surface area (Å²) in [4.78, 5) is 2.76. The largest absolute Gasteiger partial charge is 0.327 e. The van der Waals surface area contributed by atoms with Crippen LogP contribution in [0.3, 0.4) is 0 Å². The lowest BCUT2D eigenvalue weighted by Gasteiger charge is -2.27. The van der Waals surface area contributed by atoms with E-state index in [0.29, 0.717) is 6.04 Å². The molecule has 0 aromatic heterocycles. The van der Waals surface area contributed by atoms with Gasteiger partial charge in [-0.05, 0) is 39.8 Å². The SMILES string of the molecule is CCCCCCCCCCCCCCCCCCN(CCCCCCCCCCCCCCCCCC)CC(C)NCC(C)N. The third kappa shape index (κ3) is 38.2. The van der Waals surface area contributed by atoms with E-state index in [0.717, 1.165) is 6.54 Å². The van der Waals surface area contributed by atoms with E-state index in [-0.39, 0.29) is 6.04 Å². The maximum atomic E-state index is 6.00. The third-order valence-corrected chi connectivity index (χ3v) is 9.98. The highest BCUT2D eigenvalue weighted by Gasteiger charge is 2.10. The Morgan fingerprint density at radius 3 is 0.889 bits per heavy atom. The molecule has 2 atom stereocenters. The molecule has 0 aliphatic carbocycles. The third-order valence-electron chi connectivity index (χ3n) is 9.98. The predicted molar refractivity (Wildman–Crippen MR) is 207 cm³/mol. The molecule has 2 unspecified atom stereocenters. The Morgan fingerprint density at radius 2 is 0.644 bits per heavy atom. The Labute approximate surface area is 286 Å². The zero-order valence-electron chi connectivity index (χ0n) is 32.1. The summed E-state index contributed by atoms with van der Waals surface area (Å²) in [6.07, 6.45) is 46.3. The molecule has 3 nitrogen and oxygen atoms in total. The van der Waals surface area contributed by atoms with Crippen LogP contribution in [0.25, 0.3) is 0 Å². The molecule has 0 heterocycles. The molecular formula is C42H89N3. The lowest BCUT2D eigenvalue weighted by Crippen LogP contribution is -2.43. The molecule has 0 rings (SSSR count). The maximum absolute atomic E-state index is 6.00. The molecule has 0 bridgehead atoms. The van der Waals surface area contributed by atoms with Gasteiger partial charge in [0, 0.05) is 25.2 Å². The van der Waals surface area contributed by atoms with E-state index in [1.165, 1.54) is 225 Å². The fourth-order valence-electron chi connectivity index (χ4n) is 6.90. The van der Waals surface area contributed by atoms with Crippen LogP contribution in [-0.4, -0.2) is 43.2 Å². The van der Waals surface area contributed by atoms with Crippen molar-refractivity contribution in [2.24, 2.45) is 5.73 Å². The van der Waals surface area contributed by atoms with Crippen molar-refractivity contribution in [2.45, 2.75) is 245 Å². The van der Waals surface area contributed by atoms with Gasteiger partial charge >= 0.3 is 0 Å². The van der Waals surface area contributed by atoms with Crippen LogP contribution < -0.4 is 11.1 Å². The van der Waals surface area contributed by atoms with Crippen LogP contribution in [-0.2, 0) is 0 Å². The molecule has 0 aliphatic heterocycles. The number of nitrogens with zero attached hydrogens (tertiary/aromatic N) is 1. The summed E-state index contributed by atoms with van der Waals surface area (Å²) in [5, 5.41) is 3.66. The van der Waals surface area contributed by atoms with E-state index in [1.807, 2.05) is 0 Å². The fourth-order valence-corrected chi connectivity index (χ4v) is 6.90. The smallest absolute Gasteiger partial charge is 0.0167 e. The predicted octanol–water partition coefficient (Wildman–Crippen LogP) is 13.1. The van der Waals surface area contributed by atoms with Gasteiger partial charge in [0.15, 0.2) is 0 Å². The lowest BCUT2D eigenvalue weighted by atomic mass is 10.0. The van der Waals surface area contributed by atoms with Crippen LogP contribution in [0.15, 0.2) is 0 Å². The van der Waals surface area contributed by atoms with Gasteiger partial charge in [0.2, 0.25) is 0 Å². The Morgan fingerprint density at radius 1 is 0.400 bits per heavy atom. The number of hydrogen-bond acceptors (Lipinski definition) is 3. The molecule has 0 spiro atoms. The van der Waals surface area contributed by atoms with Crippen molar-refractivity contribution in [2.75, 3.05) is 26.2 Å². The standard InChI is InChI=1S/C42H89N3/c1-5-7-9-11-13-15-17-19-21-23-25-27-29-31-33-35-37-45(40-42(4)44-39-41(3)43)38-36-34-32-30-28-26-24-22-20-18-16-14-12-10-8-6-2/h41-42,44H,5-40,43H2,1-4H3. The fraction of sp³-hybridized carbons (Fsp3) is 1.00. The molecule has 272 valence electrons. The lowest BCUT2D eigenvalue weighted by molar-refractivity contribution is 0.235. The minimum absolute atomic E-state index is 0.238. The summed E-state index contributed by atoms with van der Waals surface area (Å²) < 4.78 is 0. The Hall–Kier alpha value is -0.120. The van der Waals surface area contributed by atoms with Crippen molar-refractivity contribution in [1.29, 1.82) is 0 Å². The Kier molecular flexibility index (Phi) is 38.2. The average Bonchev–Trinajstić information content (AvgIpc) is 3.03. The van der Waals surface area contributed by atoms with Gasteiger partial charge in [-0.25, -0.2) is 0 Å². The first-order chi connectivity index (χ1) is 22.1. The molecule has 3 N–H and O–H groups in total. The highest BCUT2D eigenvalue weighted by Crippen LogP contribution is 2.16. The summed E-state index contributed by atoms with van der Waals surface area (Å²) in [6.45, 7) is 13.7. The number of hydrogen-bond donors (Lipinski definition) is 2. The zero-order chi connectivity index (χ0) is 32.9. The molecule has 0 aromatic carbocycles. The van der Waals surface area contributed by atoms with E-state index < -0.39 is 0 Å². The monoisotopic (exact) mass is 636 g/mol. The van der Waals surface area contributed by atoms with Crippen LogP contribution in [0.4, 0.5) is 0 Å². The molecule has 0 aliphatic rings. The second-order valence-corrected chi connectivity index (χ2v) is 15.2. The summed E-state index contributed by atoms with van der Waals surface area (Å²) >= 11 is 0. The topological polar surface area (TPSA) is 41.3 Å². The zero-order valence-corrected chi connectivity index (χ0v) is 32.1. The van der Waals surface area contributed by atoms with Gasteiger partial charge in [0.1, 0.15) is 0 Å². The molecule has 0 saturated heterocycles. The highest BCUT2D eigenvalue weighted by molar-refractivity contribution is 4.71. The second kappa shape index (κ2) is 38.3. The number of nitrogens with one attached hydrogen (secondary N) is 1. The quantitative estimate of drug-likeness (QED) is 0.0660. The van der Waals surface area contributed by atoms with Gasteiger partial charge < -0.3 is 16.0 Å². The number of nitrogens with two attached hydrogens (primary N) is 1. The van der Waals surface area contributed by atoms with Gasteiger partial charge in [-0.3, -0.25) is 0 Å². The van der Waals surface area contributed by atoms with Crippen molar-refractivity contribution in [3.63, 3.8) is 0 Å².